The van der Waals surface area contributed by atoms with Gasteiger partial charge in [0.15, 0.2) is 0 Å². The zero-order valence-electron chi connectivity index (χ0n) is 12.8. The topological polar surface area (TPSA) is 18.5 Å². The van der Waals surface area contributed by atoms with Gasteiger partial charge in [-0.15, -0.1) is 0 Å². The fraction of sp³-hybridized carbons (Fsp3) is 1.00. The first-order chi connectivity index (χ1) is 7.97. The molecule has 0 radical (unpaired) electrons. The summed E-state index contributed by atoms with van der Waals surface area (Å²) < 4.78 is 0. The molecule has 0 saturated heterocycles. The molecule has 0 rings (SSSR count). The molecule has 1 atom stereocenters. The van der Waals surface area contributed by atoms with Gasteiger partial charge in [0, 0.05) is 25.7 Å². The Bertz CT molecular complexity index is 169. The lowest BCUT2D eigenvalue weighted by Gasteiger charge is -2.30. The molecule has 0 amide bonds. The molecule has 3 nitrogen and oxygen atoms in total. The first-order valence-corrected chi connectivity index (χ1v) is 7.06. The molecule has 0 heterocycles. The lowest BCUT2D eigenvalue weighted by molar-refractivity contribution is 0.182. The Morgan fingerprint density at radius 3 is 2.18 bits per heavy atom. The molecule has 0 saturated carbocycles. The van der Waals surface area contributed by atoms with Crippen LogP contribution in [0.2, 0.25) is 0 Å². The van der Waals surface area contributed by atoms with E-state index < -0.39 is 0 Å². The maximum atomic E-state index is 3.53. The second kappa shape index (κ2) is 9.86. The van der Waals surface area contributed by atoms with Gasteiger partial charge in [0.1, 0.15) is 0 Å². The highest BCUT2D eigenvalue weighted by atomic mass is 15.2. The van der Waals surface area contributed by atoms with Crippen LogP contribution in [0.1, 0.15) is 34.1 Å². The summed E-state index contributed by atoms with van der Waals surface area (Å²) in [6, 6.07) is 0.641. The molecule has 0 bridgehead atoms. The van der Waals surface area contributed by atoms with Crippen LogP contribution >= 0.6 is 0 Å². The van der Waals surface area contributed by atoms with E-state index in [4.69, 9.17) is 0 Å². The molecular weight excluding hydrogens is 210 g/mol. The Kier molecular flexibility index (Phi) is 9.79. The summed E-state index contributed by atoms with van der Waals surface area (Å²) in [6.07, 6.45) is 1.28. The molecule has 1 unspecified atom stereocenters. The third kappa shape index (κ3) is 9.57. The van der Waals surface area contributed by atoms with Gasteiger partial charge in [-0.1, -0.05) is 20.8 Å². The SMILES string of the molecule is CCN(CCNCCC(C)C)C(C)CN(C)C. The van der Waals surface area contributed by atoms with E-state index in [1.807, 2.05) is 0 Å². The number of likely N-dealkylation sites (N-methyl/N-ethyl adjacent to an activating group) is 2. The third-order valence-corrected chi connectivity index (χ3v) is 3.13. The first-order valence-electron chi connectivity index (χ1n) is 7.06. The van der Waals surface area contributed by atoms with E-state index in [9.17, 15) is 0 Å². The Labute approximate surface area is 109 Å². The molecule has 0 aromatic rings. The van der Waals surface area contributed by atoms with Gasteiger partial charge in [-0.25, -0.2) is 0 Å². The zero-order valence-corrected chi connectivity index (χ0v) is 12.8. The van der Waals surface area contributed by atoms with Gasteiger partial charge in [-0.3, -0.25) is 4.90 Å². The molecule has 17 heavy (non-hydrogen) atoms. The van der Waals surface area contributed by atoms with E-state index in [0.29, 0.717) is 6.04 Å². The van der Waals surface area contributed by atoms with Crippen LogP contribution < -0.4 is 5.32 Å². The van der Waals surface area contributed by atoms with E-state index in [0.717, 1.165) is 38.6 Å². The van der Waals surface area contributed by atoms with E-state index in [1.54, 1.807) is 0 Å². The highest BCUT2D eigenvalue weighted by Crippen LogP contribution is 2.00. The highest BCUT2D eigenvalue weighted by Gasteiger charge is 2.11. The number of hydrogen-bond acceptors (Lipinski definition) is 3. The summed E-state index contributed by atoms with van der Waals surface area (Å²) in [6.45, 7) is 14.8. The molecule has 1 N–H and O–H groups in total. The maximum Gasteiger partial charge on any atom is 0.0195 e. The van der Waals surface area contributed by atoms with Crippen molar-refractivity contribution in [2.75, 3.05) is 46.8 Å². The van der Waals surface area contributed by atoms with Crippen LogP contribution in [0.15, 0.2) is 0 Å². The quantitative estimate of drug-likeness (QED) is 0.591. The van der Waals surface area contributed by atoms with Gasteiger partial charge in [0.25, 0.3) is 0 Å². The summed E-state index contributed by atoms with van der Waals surface area (Å²) in [7, 11) is 4.29. The smallest absolute Gasteiger partial charge is 0.0195 e. The number of nitrogens with one attached hydrogen (secondary N) is 1. The normalized spacial score (nSPS) is 13.9. The predicted molar refractivity (Wildman–Crippen MR) is 77.6 cm³/mol. The Hall–Kier alpha value is -0.120. The third-order valence-electron chi connectivity index (χ3n) is 3.13. The minimum Gasteiger partial charge on any atom is -0.315 e. The second-order valence-corrected chi connectivity index (χ2v) is 5.67. The first kappa shape index (κ1) is 16.9. The van der Waals surface area contributed by atoms with Crippen molar-refractivity contribution in [3.05, 3.63) is 0 Å². The minimum atomic E-state index is 0.641. The van der Waals surface area contributed by atoms with Gasteiger partial charge >= 0.3 is 0 Å². The number of rotatable bonds is 10. The van der Waals surface area contributed by atoms with E-state index in [-0.39, 0.29) is 0 Å². The average Bonchev–Trinajstić information content (AvgIpc) is 2.21. The molecule has 104 valence electrons. The molecule has 0 fully saturated rings. The molecular formula is C14H33N3. The van der Waals surface area contributed by atoms with Crippen molar-refractivity contribution in [3.63, 3.8) is 0 Å². The van der Waals surface area contributed by atoms with E-state index in [2.05, 4.69) is 56.9 Å². The average molecular weight is 243 g/mol. The Balaban J connectivity index is 3.67. The van der Waals surface area contributed by atoms with Gasteiger partial charge in [0.2, 0.25) is 0 Å². The van der Waals surface area contributed by atoms with Crippen LogP contribution in [0.4, 0.5) is 0 Å². The largest absolute Gasteiger partial charge is 0.315 e. The van der Waals surface area contributed by atoms with Crippen molar-refractivity contribution in [3.8, 4) is 0 Å². The van der Waals surface area contributed by atoms with Crippen molar-refractivity contribution in [2.24, 2.45) is 5.92 Å². The van der Waals surface area contributed by atoms with Crippen LogP contribution in [0.5, 0.6) is 0 Å². The van der Waals surface area contributed by atoms with E-state index >= 15 is 0 Å². The fourth-order valence-electron chi connectivity index (χ4n) is 2.07. The van der Waals surface area contributed by atoms with Crippen LogP contribution in [0.3, 0.4) is 0 Å². The highest BCUT2D eigenvalue weighted by molar-refractivity contribution is 4.69. The van der Waals surface area contributed by atoms with Gasteiger partial charge in [0.05, 0.1) is 0 Å². The Morgan fingerprint density at radius 1 is 1.06 bits per heavy atom. The molecule has 0 aliphatic heterocycles. The predicted octanol–water partition coefficient (Wildman–Crippen LogP) is 1.89. The van der Waals surface area contributed by atoms with Crippen LogP contribution in [-0.4, -0.2) is 62.7 Å². The molecule has 0 aliphatic carbocycles. The lowest BCUT2D eigenvalue weighted by Crippen LogP contribution is -2.43. The summed E-state index contributed by atoms with van der Waals surface area (Å²) in [5.74, 6) is 0.803. The maximum absolute atomic E-state index is 3.53. The summed E-state index contributed by atoms with van der Waals surface area (Å²) in [4.78, 5) is 4.81. The molecule has 3 heteroatoms. The number of hydrogen-bond donors (Lipinski definition) is 1. The number of nitrogens with zero attached hydrogens (tertiary/aromatic N) is 2. The zero-order chi connectivity index (χ0) is 13.3. The molecule has 0 aliphatic rings. The van der Waals surface area contributed by atoms with Gasteiger partial charge < -0.3 is 10.2 Å². The fourth-order valence-corrected chi connectivity index (χ4v) is 2.07. The van der Waals surface area contributed by atoms with Crippen molar-refractivity contribution in [2.45, 2.75) is 40.2 Å². The molecule has 0 aromatic heterocycles. The lowest BCUT2D eigenvalue weighted by atomic mass is 10.1. The van der Waals surface area contributed by atoms with Crippen molar-refractivity contribution < 1.29 is 0 Å². The van der Waals surface area contributed by atoms with Crippen molar-refractivity contribution in [1.29, 1.82) is 0 Å². The van der Waals surface area contributed by atoms with Crippen LogP contribution in [-0.2, 0) is 0 Å². The molecule has 0 aromatic carbocycles. The van der Waals surface area contributed by atoms with Gasteiger partial charge in [-0.05, 0) is 46.4 Å². The van der Waals surface area contributed by atoms with Crippen LogP contribution in [0.25, 0.3) is 0 Å². The van der Waals surface area contributed by atoms with E-state index in [1.165, 1.54) is 6.42 Å². The van der Waals surface area contributed by atoms with Gasteiger partial charge in [-0.2, -0.15) is 0 Å². The second-order valence-electron chi connectivity index (χ2n) is 5.67. The monoisotopic (exact) mass is 243 g/mol. The Morgan fingerprint density at radius 2 is 1.71 bits per heavy atom. The van der Waals surface area contributed by atoms with Crippen molar-refractivity contribution in [1.82, 2.24) is 15.1 Å². The summed E-state index contributed by atoms with van der Waals surface area (Å²) in [5.41, 5.74) is 0. The summed E-state index contributed by atoms with van der Waals surface area (Å²) >= 11 is 0. The van der Waals surface area contributed by atoms with Crippen molar-refractivity contribution >= 4 is 0 Å². The summed E-state index contributed by atoms with van der Waals surface area (Å²) in [5, 5.41) is 3.53. The molecule has 0 spiro atoms. The minimum absolute atomic E-state index is 0.641. The standard InChI is InChI=1S/C14H33N3/c1-7-17(14(4)12-16(5)6)11-10-15-9-8-13(2)3/h13-15H,7-12H2,1-6H3. The van der Waals surface area contributed by atoms with Crippen LogP contribution in [0, 0.1) is 5.92 Å².